The first-order valence-corrected chi connectivity index (χ1v) is 32.0. The Hall–Kier alpha value is -0.990. The lowest BCUT2D eigenvalue weighted by molar-refractivity contribution is -0.0581. The summed E-state index contributed by atoms with van der Waals surface area (Å²) in [5.41, 5.74) is 2.48. The number of alkyl carbamates (subject to hydrolysis) is 1. The average Bonchev–Trinajstić information content (AvgIpc) is 3.69. The Balaban J connectivity index is 0.000000710. The van der Waals surface area contributed by atoms with Crippen molar-refractivity contribution in [2.45, 2.75) is 341 Å². The Bertz CT molecular complexity index is 1220. The highest BCUT2D eigenvalue weighted by molar-refractivity contribution is 5.67. The van der Waals surface area contributed by atoms with Gasteiger partial charge in [-0.1, -0.05) is 288 Å². The molecule has 0 aromatic carbocycles. The Morgan fingerprint density at radius 3 is 1.48 bits per heavy atom. The van der Waals surface area contributed by atoms with Crippen molar-refractivity contribution < 1.29 is 9.53 Å². The van der Waals surface area contributed by atoms with E-state index in [4.69, 9.17) is 4.74 Å². The lowest BCUT2D eigenvalue weighted by Gasteiger charge is -2.58. The summed E-state index contributed by atoms with van der Waals surface area (Å²) in [7, 11) is 0. The first kappa shape index (κ1) is 66.0. The molecule has 69 heavy (non-hydrogen) atoms. The molecule has 0 aromatic rings. The molecule has 1 N–H and O–H groups in total. The van der Waals surface area contributed by atoms with Gasteiger partial charge in [0.25, 0.3) is 0 Å². The third-order valence-corrected chi connectivity index (χ3v) is 18.1. The van der Waals surface area contributed by atoms with Gasteiger partial charge in [-0.25, -0.2) is 4.79 Å². The topological polar surface area (TPSA) is 38.3 Å². The molecule has 0 aromatic heterocycles. The number of hydrogen-bond acceptors (Lipinski definition) is 2. The number of carbonyl (C=O) groups is 1. The van der Waals surface area contributed by atoms with Gasteiger partial charge in [-0.3, -0.25) is 0 Å². The molecule has 0 radical (unpaired) electrons. The minimum atomic E-state index is -0.196. The third kappa shape index (κ3) is 26.7. The maximum Gasteiger partial charge on any atom is 0.407 e. The number of nitrogens with one attached hydrogen (secondary N) is 1. The molecule has 410 valence electrons. The molecule has 8 atom stereocenters. The van der Waals surface area contributed by atoms with Crippen LogP contribution in [0.5, 0.6) is 0 Å². The minimum absolute atomic E-state index is 0.0540. The highest BCUT2D eigenvalue weighted by Crippen LogP contribution is 2.67. The molecular weight excluding hydrogens is 839 g/mol. The van der Waals surface area contributed by atoms with Crippen LogP contribution in [0.25, 0.3) is 0 Å². The molecule has 0 heterocycles. The van der Waals surface area contributed by atoms with Crippen LogP contribution in [-0.4, -0.2) is 18.7 Å². The highest BCUT2D eigenvalue weighted by Gasteiger charge is 2.59. The van der Waals surface area contributed by atoms with E-state index in [0.717, 1.165) is 73.2 Å². The fraction of sp³-hybridized carbons (Fsp3) is 0.955. The number of rotatable bonds is 34. The summed E-state index contributed by atoms with van der Waals surface area (Å²) in [6.45, 7) is 32.9. The number of hydrogen-bond donors (Lipinski definition) is 1. The number of fused-ring (bicyclic) bond motifs is 5. The Labute approximate surface area is 436 Å². The number of ether oxygens (including phenoxy) is 1. The molecule has 0 bridgehead atoms. The molecule has 7 unspecified atom stereocenters. The van der Waals surface area contributed by atoms with Crippen LogP contribution >= 0.6 is 0 Å². The summed E-state index contributed by atoms with van der Waals surface area (Å²) >= 11 is 0. The van der Waals surface area contributed by atoms with Crippen LogP contribution in [0.4, 0.5) is 4.79 Å². The molecule has 3 heteroatoms. The summed E-state index contributed by atoms with van der Waals surface area (Å²) in [5, 5.41) is 3.04. The van der Waals surface area contributed by atoms with Crippen molar-refractivity contribution in [3.8, 4) is 0 Å². The van der Waals surface area contributed by atoms with Crippen molar-refractivity contribution in [1.29, 1.82) is 0 Å². The second-order valence-corrected chi connectivity index (χ2v) is 25.0. The van der Waals surface area contributed by atoms with Crippen LogP contribution in [0.1, 0.15) is 335 Å². The maximum absolute atomic E-state index is 12.5. The van der Waals surface area contributed by atoms with Gasteiger partial charge in [-0.2, -0.15) is 0 Å². The van der Waals surface area contributed by atoms with Crippen molar-refractivity contribution in [2.24, 2.45) is 58.2 Å². The lowest BCUT2D eigenvalue weighted by Crippen LogP contribution is -2.51. The Kier molecular flexibility index (Phi) is 38.7. The quantitative estimate of drug-likeness (QED) is 0.0515. The van der Waals surface area contributed by atoms with Gasteiger partial charge in [0.2, 0.25) is 0 Å². The summed E-state index contributed by atoms with van der Waals surface area (Å²) in [6, 6.07) is 0. The van der Waals surface area contributed by atoms with Gasteiger partial charge in [-0.05, 0) is 110 Å². The van der Waals surface area contributed by atoms with Crippen LogP contribution in [-0.2, 0) is 4.74 Å². The zero-order chi connectivity index (χ0) is 51.3. The van der Waals surface area contributed by atoms with E-state index in [9.17, 15) is 4.79 Å². The van der Waals surface area contributed by atoms with Crippen molar-refractivity contribution in [1.82, 2.24) is 5.32 Å². The zero-order valence-electron chi connectivity index (χ0n) is 50.0. The molecule has 4 aliphatic rings. The van der Waals surface area contributed by atoms with Crippen LogP contribution in [0.15, 0.2) is 11.6 Å². The monoisotopic (exact) mass is 968 g/mol. The first-order chi connectivity index (χ1) is 33.3. The summed E-state index contributed by atoms with van der Waals surface area (Å²) in [6.07, 6.45) is 54.0. The SMILES string of the molecule is CC.CC.CC(C)CCCCCCNC(=O)OC1CCC2(C)C(=CCC3C2CCC2(C)C3CCC2[C@H](C)CCCC(C)C)C1.CCCCCCCCCCCCCCCCCCCCCCC(C)C. The fourth-order valence-electron chi connectivity index (χ4n) is 14.0. The van der Waals surface area contributed by atoms with Gasteiger partial charge in [0.05, 0.1) is 0 Å². The molecule has 4 rings (SSSR count). The molecule has 0 aliphatic heterocycles. The fourth-order valence-corrected chi connectivity index (χ4v) is 14.0. The van der Waals surface area contributed by atoms with E-state index >= 15 is 0 Å². The van der Waals surface area contributed by atoms with Crippen LogP contribution in [0.3, 0.4) is 0 Å². The summed E-state index contributed by atoms with van der Waals surface area (Å²) < 4.78 is 5.96. The third-order valence-electron chi connectivity index (χ3n) is 18.1. The number of amides is 1. The van der Waals surface area contributed by atoms with Gasteiger partial charge in [0.15, 0.2) is 0 Å². The largest absolute Gasteiger partial charge is 0.446 e. The zero-order valence-corrected chi connectivity index (χ0v) is 50.0. The molecule has 3 fully saturated rings. The van der Waals surface area contributed by atoms with Crippen molar-refractivity contribution in [2.75, 3.05) is 6.54 Å². The van der Waals surface area contributed by atoms with Crippen molar-refractivity contribution in [3.05, 3.63) is 11.6 Å². The highest BCUT2D eigenvalue weighted by atomic mass is 16.6. The van der Waals surface area contributed by atoms with Crippen molar-refractivity contribution in [3.63, 3.8) is 0 Å². The van der Waals surface area contributed by atoms with E-state index in [1.807, 2.05) is 27.7 Å². The number of unbranched alkanes of at least 4 members (excludes halogenated alkanes) is 22. The molecule has 0 saturated heterocycles. The average molecular weight is 969 g/mol. The standard InChI is InChI=1S/C37H65NO2.C25H52.2C2H6/c1-26(2)13-10-8-9-11-24-38-35(39)40-30-20-22-36(6)29(25-30)16-17-31-33-19-18-32(28(5)15-12-14-27(3)4)37(33,7)23-21-34(31)36;1-4-5-6-7-8-9-10-11-12-13-14-15-16-17-18-19-20-21-22-23-24-25(2)3;2*1-2/h16,26-28,30-34H,8-15,17-25H2,1-7H3,(H,38,39);25H,4-24H2,1-3H3;2*1-2H3/t28-,30?,31?,32?,33?,34?,36?,37?;;;/m1.../s1. The van der Waals surface area contributed by atoms with Crippen LogP contribution < -0.4 is 5.32 Å². The van der Waals surface area contributed by atoms with E-state index < -0.39 is 0 Å². The molecule has 0 spiro atoms. The number of allylic oxidation sites excluding steroid dienone is 1. The summed E-state index contributed by atoms with van der Waals surface area (Å²) in [4.78, 5) is 12.5. The summed E-state index contributed by atoms with van der Waals surface area (Å²) in [5.74, 6) is 6.92. The van der Waals surface area contributed by atoms with Crippen LogP contribution in [0, 0.1) is 58.2 Å². The van der Waals surface area contributed by atoms with Gasteiger partial charge in [-0.15, -0.1) is 0 Å². The Morgan fingerprint density at radius 2 is 1.00 bits per heavy atom. The molecular formula is C66H129NO2. The minimum Gasteiger partial charge on any atom is -0.446 e. The van der Waals surface area contributed by atoms with E-state index in [-0.39, 0.29) is 12.2 Å². The van der Waals surface area contributed by atoms with E-state index in [2.05, 4.69) is 80.6 Å². The second-order valence-electron chi connectivity index (χ2n) is 25.0. The predicted molar refractivity (Wildman–Crippen MR) is 309 cm³/mol. The smallest absolute Gasteiger partial charge is 0.407 e. The first-order valence-electron chi connectivity index (χ1n) is 32.0. The lowest BCUT2D eigenvalue weighted by atomic mass is 9.47. The van der Waals surface area contributed by atoms with Crippen molar-refractivity contribution >= 4 is 6.09 Å². The number of carbonyl (C=O) groups excluding carboxylic acids is 1. The van der Waals surface area contributed by atoms with Crippen LogP contribution in [0.2, 0.25) is 0 Å². The van der Waals surface area contributed by atoms with E-state index in [0.29, 0.717) is 10.8 Å². The van der Waals surface area contributed by atoms with E-state index in [1.165, 1.54) is 218 Å². The molecule has 4 aliphatic carbocycles. The Morgan fingerprint density at radius 1 is 0.551 bits per heavy atom. The van der Waals surface area contributed by atoms with Gasteiger partial charge in [0, 0.05) is 13.0 Å². The van der Waals surface area contributed by atoms with E-state index in [1.54, 1.807) is 5.57 Å². The van der Waals surface area contributed by atoms with Gasteiger partial charge in [0.1, 0.15) is 6.10 Å². The maximum atomic E-state index is 12.5. The molecule has 1 amide bonds. The van der Waals surface area contributed by atoms with Gasteiger partial charge < -0.3 is 10.1 Å². The molecule has 3 saturated carbocycles. The molecule has 3 nitrogen and oxygen atoms in total. The normalized spacial score (nSPS) is 25.2. The second kappa shape index (κ2) is 40.4. The van der Waals surface area contributed by atoms with Gasteiger partial charge >= 0.3 is 6.09 Å². The predicted octanol–water partition coefficient (Wildman–Crippen LogP) is 22.6.